The number of aromatic nitrogens is 2. The standard InChI is InChI=1S/C8H14N2O/c1-6-9-5-7(10(6)4)8(2,3)11/h5,11H,1-4H3. The van der Waals surface area contributed by atoms with Gasteiger partial charge in [-0.05, 0) is 20.8 Å². The van der Waals surface area contributed by atoms with Crippen LogP contribution in [0.15, 0.2) is 6.20 Å². The second-order valence-electron chi connectivity index (χ2n) is 3.31. The minimum atomic E-state index is -0.796. The highest BCUT2D eigenvalue weighted by molar-refractivity contribution is 5.10. The number of aryl methyl sites for hydroxylation is 1. The molecule has 0 radical (unpaired) electrons. The molecule has 1 N–H and O–H groups in total. The van der Waals surface area contributed by atoms with Gasteiger partial charge in [0.15, 0.2) is 0 Å². The van der Waals surface area contributed by atoms with Gasteiger partial charge in [-0.1, -0.05) is 0 Å². The van der Waals surface area contributed by atoms with Gasteiger partial charge in [-0.25, -0.2) is 4.98 Å². The van der Waals surface area contributed by atoms with Gasteiger partial charge in [0.05, 0.1) is 11.9 Å². The lowest BCUT2D eigenvalue weighted by atomic mass is 10.1. The fraction of sp³-hybridized carbons (Fsp3) is 0.625. The summed E-state index contributed by atoms with van der Waals surface area (Å²) >= 11 is 0. The summed E-state index contributed by atoms with van der Waals surface area (Å²) in [6.07, 6.45) is 1.70. The highest BCUT2D eigenvalue weighted by atomic mass is 16.3. The third-order valence-electron chi connectivity index (χ3n) is 1.85. The molecule has 3 nitrogen and oxygen atoms in total. The van der Waals surface area contributed by atoms with Crippen molar-refractivity contribution in [2.45, 2.75) is 26.4 Å². The van der Waals surface area contributed by atoms with Gasteiger partial charge in [0, 0.05) is 7.05 Å². The largest absolute Gasteiger partial charge is 0.384 e. The van der Waals surface area contributed by atoms with Gasteiger partial charge in [0.2, 0.25) is 0 Å². The van der Waals surface area contributed by atoms with E-state index < -0.39 is 5.60 Å². The molecule has 0 saturated heterocycles. The van der Waals surface area contributed by atoms with Crippen LogP contribution in [0.25, 0.3) is 0 Å². The number of hydrogen-bond donors (Lipinski definition) is 1. The Bertz CT molecular complexity index is 258. The number of hydrogen-bond acceptors (Lipinski definition) is 2. The molecule has 1 aromatic heterocycles. The average molecular weight is 154 g/mol. The third kappa shape index (κ3) is 1.43. The minimum Gasteiger partial charge on any atom is -0.384 e. The van der Waals surface area contributed by atoms with Gasteiger partial charge in [0.25, 0.3) is 0 Å². The van der Waals surface area contributed by atoms with Gasteiger partial charge >= 0.3 is 0 Å². The molecule has 0 aromatic carbocycles. The molecule has 3 heteroatoms. The highest BCUT2D eigenvalue weighted by Crippen LogP contribution is 2.18. The molecule has 0 atom stereocenters. The van der Waals surface area contributed by atoms with Crippen molar-refractivity contribution >= 4 is 0 Å². The fourth-order valence-corrected chi connectivity index (χ4v) is 1.07. The number of rotatable bonds is 1. The van der Waals surface area contributed by atoms with Crippen LogP contribution >= 0.6 is 0 Å². The first-order chi connectivity index (χ1) is 4.93. The van der Waals surface area contributed by atoms with Gasteiger partial charge < -0.3 is 9.67 Å². The van der Waals surface area contributed by atoms with Crippen LogP contribution in [-0.4, -0.2) is 14.7 Å². The smallest absolute Gasteiger partial charge is 0.105 e. The van der Waals surface area contributed by atoms with Crippen molar-refractivity contribution in [2.24, 2.45) is 7.05 Å². The Morgan fingerprint density at radius 1 is 1.55 bits per heavy atom. The Morgan fingerprint density at radius 2 is 2.09 bits per heavy atom. The molecule has 0 bridgehead atoms. The Hall–Kier alpha value is -0.830. The highest BCUT2D eigenvalue weighted by Gasteiger charge is 2.20. The number of aliphatic hydroxyl groups is 1. The van der Waals surface area contributed by atoms with E-state index in [9.17, 15) is 5.11 Å². The molecule has 0 unspecified atom stereocenters. The summed E-state index contributed by atoms with van der Waals surface area (Å²) in [6.45, 7) is 5.42. The molecule has 0 aliphatic heterocycles. The van der Waals surface area contributed by atoms with Gasteiger partial charge in [-0.15, -0.1) is 0 Å². The third-order valence-corrected chi connectivity index (χ3v) is 1.85. The van der Waals surface area contributed by atoms with Crippen LogP contribution in [0.3, 0.4) is 0 Å². The molecule has 11 heavy (non-hydrogen) atoms. The SMILES string of the molecule is Cc1ncc(C(C)(C)O)n1C. The van der Waals surface area contributed by atoms with Crippen LogP contribution in [0.4, 0.5) is 0 Å². The van der Waals surface area contributed by atoms with Gasteiger partial charge in [-0.2, -0.15) is 0 Å². The van der Waals surface area contributed by atoms with Gasteiger partial charge in [0.1, 0.15) is 11.4 Å². The maximum absolute atomic E-state index is 9.62. The average Bonchev–Trinajstić information content (AvgIpc) is 2.11. The zero-order chi connectivity index (χ0) is 8.65. The summed E-state index contributed by atoms with van der Waals surface area (Å²) in [6, 6.07) is 0. The summed E-state index contributed by atoms with van der Waals surface area (Å²) in [5, 5.41) is 9.62. The topological polar surface area (TPSA) is 38.1 Å². The normalized spacial score (nSPS) is 12.1. The van der Waals surface area contributed by atoms with Crippen molar-refractivity contribution in [3.63, 3.8) is 0 Å². The van der Waals surface area contributed by atoms with E-state index in [0.29, 0.717) is 0 Å². The molecule has 0 saturated carbocycles. The zero-order valence-corrected chi connectivity index (χ0v) is 7.42. The molecule has 1 rings (SSSR count). The van der Waals surface area contributed by atoms with E-state index in [1.807, 2.05) is 18.5 Å². The molecule has 62 valence electrons. The minimum absolute atomic E-state index is 0.796. The van der Waals surface area contributed by atoms with Crippen molar-refractivity contribution in [1.82, 2.24) is 9.55 Å². The Kier molecular flexibility index (Phi) is 1.76. The first kappa shape index (κ1) is 8.27. The van der Waals surface area contributed by atoms with E-state index in [1.165, 1.54) is 0 Å². The molecule has 1 heterocycles. The summed E-state index contributed by atoms with van der Waals surface area (Å²) in [5.41, 5.74) is 0.0470. The molecule has 0 spiro atoms. The molecular weight excluding hydrogens is 140 g/mol. The Morgan fingerprint density at radius 3 is 2.27 bits per heavy atom. The summed E-state index contributed by atoms with van der Waals surface area (Å²) in [5.74, 6) is 0.919. The van der Waals surface area contributed by atoms with Crippen molar-refractivity contribution in [3.05, 3.63) is 17.7 Å². The first-order valence-electron chi connectivity index (χ1n) is 3.64. The van der Waals surface area contributed by atoms with E-state index in [-0.39, 0.29) is 0 Å². The van der Waals surface area contributed by atoms with Crippen LogP contribution in [-0.2, 0) is 12.6 Å². The van der Waals surface area contributed by atoms with E-state index >= 15 is 0 Å². The molecule has 0 aliphatic rings. The number of imidazole rings is 1. The zero-order valence-electron chi connectivity index (χ0n) is 7.42. The lowest BCUT2D eigenvalue weighted by molar-refractivity contribution is 0.0705. The fourth-order valence-electron chi connectivity index (χ4n) is 1.07. The van der Waals surface area contributed by atoms with Crippen LogP contribution in [0, 0.1) is 6.92 Å². The predicted octanol–water partition coefficient (Wildman–Crippen LogP) is 0.956. The van der Waals surface area contributed by atoms with Crippen LogP contribution < -0.4 is 0 Å². The van der Waals surface area contributed by atoms with E-state index in [2.05, 4.69) is 4.98 Å². The Balaban J connectivity index is 3.15. The van der Waals surface area contributed by atoms with Crippen LogP contribution in [0.5, 0.6) is 0 Å². The van der Waals surface area contributed by atoms with Crippen molar-refractivity contribution in [1.29, 1.82) is 0 Å². The molecular formula is C8H14N2O. The van der Waals surface area contributed by atoms with Crippen LogP contribution in [0.2, 0.25) is 0 Å². The second kappa shape index (κ2) is 2.34. The maximum Gasteiger partial charge on any atom is 0.105 e. The molecule has 0 aliphatic carbocycles. The summed E-state index contributed by atoms with van der Waals surface area (Å²) in [4.78, 5) is 4.09. The first-order valence-corrected chi connectivity index (χ1v) is 3.64. The summed E-state index contributed by atoms with van der Waals surface area (Å²) in [7, 11) is 1.90. The van der Waals surface area contributed by atoms with Crippen molar-refractivity contribution < 1.29 is 5.11 Å². The molecule has 1 aromatic rings. The monoisotopic (exact) mass is 154 g/mol. The Labute approximate surface area is 66.7 Å². The van der Waals surface area contributed by atoms with E-state index in [4.69, 9.17) is 0 Å². The van der Waals surface area contributed by atoms with Crippen molar-refractivity contribution in [2.75, 3.05) is 0 Å². The summed E-state index contributed by atoms with van der Waals surface area (Å²) < 4.78 is 1.89. The second-order valence-corrected chi connectivity index (χ2v) is 3.31. The van der Waals surface area contributed by atoms with E-state index in [0.717, 1.165) is 11.5 Å². The van der Waals surface area contributed by atoms with Crippen LogP contribution in [0.1, 0.15) is 25.4 Å². The van der Waals surface area contributed by atoms with Crippen molar-refractivity contribution in [3.8, 4) is 0 Å². The lowest BCUT2D eigenvalue weighted by Crippen LogP contribution is -2.19. The number of nitrogens with zero attached hydrogens (tertiary/aromatic N) is 2. The maximum atomic E-state index is 9.62. The molecule has 0 fully saturated rings. The lowest BCUT2D eigenvalue weighted by Gasteiger charge is -2.17. The quantitative estimate of drug-likeness (QED) is 0.654. The van der Waals surface area contributed by atoms with Gasteiger partial charge in [-0.3, -0.25) is 0 Å². The molecule has 0 amide bonds. The van der Waals surface area contributed by atoms with E-state index in [1.54, 1.807) is 20.0 Å². The predicted molar refractivity (Wildman–Crippen MR) is 43.2 cm³/mol.